The number of rotatable bonds is 9. The molecule has 9 nitrogen and oxygen atoms in total. The first-order chi connectivity index (χ1) is 15.2. The van der Waals surface area contributed by atoms with Gasteiger partial charge in [-0.25, -0.2) is 0 Å². The molecule has 0 aliphatic heterocycles. The molecule has 0 aliphatic rings. The van der Waals surface area contributed by atoms with Crippen LogP contribution >= 0.6 is 23.1 Å². The maximum Gasteiger partial charge on any atom is 0.227 e. The molecule has 0 saturated heterocycles. The molecule has 1 aromatic carbocycles. The van der Waals surface area contributed by atoms with Crippen LogP contribution in [0.25, 0.3) is 11.5 Å². The second kappa shape index (κ2) is 10.1. The third-order valence-electron chi connectivity index (χ3n) is 4.10. The number of hydrogen-bond donors (Lipinski definition) is 1. The molecular formula is C20H18N6O3S2. The lowest BCUT2D eigenvalue weighted by molar-refractivity contribution is -0.116. The molecular weight excluding hydrogens is 436 g/mol. The zero-order valence-electron chi connectivity index (χ0n) is 16.5. The number of aryl methyl sites for hydroxylation is 1. The summed E-state index contributed by atoms with van der Waals surface area (Å²) in [5, 5.41) is 15.3. The number of anilines is 1. The second-order valence-corrected chi connectivity index (χ2v) is 8.48. The Morgan fingerprint density at radius 1 is 1.19 bits per heavy atom. The number of aromatic nitrogens is 5. The van der Waals surface area contributed by atoms with Crippen LogP contribution in [0, 0.1) is 0 Å². The number of pyridine rings is 1. The van der Waals surface area contributed by atoms with Crippen LogP contribution < -0.4 is 10.1 Å². The molecule has 1 N–H and O–H groups in total. The van der Waals surface area contributed by atoms with Gasteiger partial charge in [-0.15, -0.1) is 10.2 Å². The van der Waals surface area contributed by atoms with Gasteiger partial charge in [0.25, 0.3) is 0 Å². The normalized spacial score (nSPS) is 10.7. The van der Waals surface area contributed by atoms with E-state index in [0.29, 0.717) is 29.0 Å². The van der Waals surface area contributed by atoms with Crippen molar-refractivity contribution in [1.29, 1.82) is 0 Å². The average molecular weight is 455 g/mol. The van der Waals surface area contributed by atoms with E-state index in [1.807, 2.05) is 36.4 Å². The summed E-state index contributed by atoms with van der Waals surface area (Å²) < 4.78 is 11.1. The summed E-state index contributed by atoms with van der Waals surface area (Å²) in [4.78, 5) is 20.7. The van der Waals surface area contributed by atoms with Crippen molar-refractivity contribution in [2.75, 3.05) is 12.4 Å². The predicted molar refractivity (Wildman–Crippen MR) is 117 cm³/mol. The fraction of sp³-hybridized carbons (Fsp3) is 0.200. The van der Waals surface area contributed by atoms with E-state index in [9.17, 15) is 4.79 Å². The van der Waals surface area contributed by atoms with Gasteiger partial charge in [-0.05, 0) is 29.8 Å². The van der Waals surface area contributed by atoms with Crippen LogP contribution in [0.5, 0.6) is 5.75 Å². The van der Waals surface area contributed by atoms with Crippen LogP contribution in [0.4, 0.5) is 5.13 Å². The van der Waals surface area contributed by atoms with Gasteiger partial charge in [-0.2, -0.15) is 4.98 Å². The first-order valence-corrected chi connectivity index (χ1v) is 11.1. The third kappa shape index (κ3) is 5.86. The molecule has 4 rings (SSSR count). The van der Waals surface area contributed by atoms with Crippen LogP contribution in [0.15, 0.2) is 57.5 Å². The number of carbonyl (C=O) groups excluding carboxylic acids is 1. The lowest BCUT2D eigenvalue weighted by Crippen LogP contribution is -2.12. The summed E-state index contributed by atoms with van der Waals surface area (Å²) in [5.41, 5.74) is 1.77. The number of thioether (sulfide) groups is 1. The third-order valence-corrected chi connectivity index (χ3v) is 6.15. The molecule has 11 heteroatoms. The van der Waals surface area contributed by atoms with Crippen LogP contribution in [0.3, 0.4) is 0 Å². The number of hydrogen-bond acceptors (Lipinski definition) is 10. The van der Waals surface area contributed by atoms with Gasteiger partial charge in [-0.3, -0.25) is 9.78 Å². The molecule has 0 saturated carbocycles. The van der Waals surface area contributed by atoms with Crippen molar-refractivity contribution in [2.24, 2.45) is 0 Å². The van der Waals surface area contributed by atoms with Crippen LogP contribution in [-0.4, -0.2) is 38.3 Å². The molecule has 4 aromatic rings. The van der Waals surface area contributed by atoms with Crippen LogP contribution in [0.1, 0.15) is 17.9 Å². The molecule has 0 atom stereocenters. The molecule has 0 spiro atoms. The Kier molecular flexibility index (Phi) is 6.85. The average Bonchev–Trinajstić information content (AvgIpc) is 3.47. The summed E-state index contributed by atoms with van der Waals surface area (Å²) in [6, 6.07) is 13.3. The van der Waals surface area contributed by atoms with Crippen molar-refractivity contribution < 1.29 is 14.1 Å². The van der Waals surface area contributed by atoms with Gasteiger partial charge in [0.2, 0.25) is 22.8 Å². The molecule has 31 heavy (non-hydrogen) atoms. The first kappa shape index (κ1) is 20.9. The van der Waals surface area contributed by atoms with E-state index >= 15 is 0 Å². The summed E-state index contributed by atoms with van der Waals surface area (Å²) in [6.45, 7) is 0. The second-order valence-electron chi connectivity index (χ2n) is 6.28. The van der Waals surface area contributed by atoms with Gasteiger partial charge in [0.15, 0.2) is 4.34 Å². The molecule has 0 fully saturated rings. The highest BCUT2D eigenvalue weighted by atomic mass is 32.2. The molecule has 3 aromatic heterocycles. The van der Waals surface area contributed by atoms with Crippen molar-refractivity contribution in [1.82, 2.24) is 25.3 Å². The minimum Gasteiger partial charge on any atom is -0.497 e. The van der Waals surface area contributed by atoms with Gasteiger partial charge in [-0.1, -0.05) is 46.5 Å². The van der Waals surface area contributed by atoms with Gasteiger partial charge in [0, 0.05) is 24.8 Å². The molecule has 1 amide bonds. The van der Waals surface area contributed by atoms with Gasteiger partial charge in [0.05, 0.1) is 7.11 Å². The summed E-state index contributed by atoms with van der Waals surface area (Å²) >= 11 is 2.89. The Morgan fingerprint density at radius 3 is 2.84 bits per heavy atom. The Hall–Kier alpha value is -3.31. The number of methoxy groups -OCH3 is 1. The van der Waals surface area contributed by atoms with Crippen LogP contribution in [0.2, 0.25) is 0 Å². The van der Waals surface area contributed by atoms with E-state index in [-0.39, 0.29) is 12.3 Å². The van der Waals surface area contributed by atoms with Gasteiger partial charge < -0.3 is 14.6 Å². The molecule has 158 valence electrons. The standard InChI is InChI=1S/C20H18N6O3S2/c1-28-14-7-5-13(6-8-14)12-30-20-25-24-19(31-20)22-16(27)9-10-17-23-18(26-29-17)15-4-2-3-11-21-15/h2-8,11H,9-10,12H2,1H3,(H,22,24,27). The van der Waals surface area contributed by atoms with Crippen molar-refractivity contribution in [3.8, 4) is 17.3 Å². The highest BCUT2D eigenvalue weighted by molar-refractivity contribution is 8.00. The molecule has 0 aliphatic carbocycles. The smallest absolute Gasteiger partial charge is 0.227 e. The van der Waals surface area contributed by atoms with Crippen molar-refractivity contribution >= 4 is 34.1 Å². The molecule has 0 unspecified atom stereocenters. The number of benzene rings is 1. The minimum absolute atomic E-state index is 0.192. The zero-order chi connectivity index (χ0) is 21.5. The zero-order valence-corrected chi connectivity index (χ0v) is 18.2. The number of nitrogens with zero attached hydrogens (tertiary/aromatic N) is 5. The van der Waals surface area contributed by atoms with Gasteiger partial charge in [0.1, 0.15) is 11.4 Å². The SMILES string of the molecule is COc1ccc(CSc2nnc(NC(=O)CCc3nc(-c4ccccn4)no3)s2)cc1. The number of ether oxygens (including phenoxy) is 1. The van der Waals surface area contributed by atoms with E-state index in [1.54, 1.807) is 31.1 Å². The highest BCUT2D eigenvalue weighted by Gasteiger charge is 2.13. The monoisotopic (exact) mass is 454 g/mol. The minimum atomic E-state index is -0.194. The fourth-order valence-corrected chi connectivity index (χ4v) is 4.27. The number of carbonyl (C=O) groups is 1. The Bertz CT molecular complexity index is 1130. The predicted octanol–water partition coefficient (Wildman–Crippen LogP) is 3.86. The Labute approximate surface area is 186 Å². The summed E-state index contributed by atoms with van der Waals surface area (Å²) in [5.74, 6) is 2.16. The largest absolute Gasteiger partial charge is 0.497 e. The lowest BCUT2D eigenvalue weighted by atomic mass is 10.2. The first-order valence-electron chi connectivity index (χ1n) is 9.32. The maximum atomic E-state index is 12.2. The molecule has 0 bridgehead atoms. The van der Waals surface area contributed by atoms with E-state index in [4.69, 9.17) is 9.26 Å². The molecule has 0 radical (unpaired) electrons. The number of nitrogens with one attached hydrogen (secondary N) is 1. The van der Waals surface area contributed by atoms with Crippen molar-refractivity contribution in [2.45, 2.75) is 22.9 Å². The van der Waals surface area contributed by atoms with E-state index in [0.717, 1.165) is 21.4 Å². The highest BCUT2D eigenvalue weighted by Crippen LogP contribution is 2.29. The van der Waals surface area contributed by atoms with Gasteiger partial charge >= 0.3 is 0 Å². The van der Waals surface area contributed by atoms with Crippen LogP contribution in [-0.2, 0) is 17.0 Å². The fourth-order valence-electron chi connectivity index (χ4n) is 2.54. The summed E-state index contributed by atoms with van der Waals surface area (Å²) in [7, 11) is 1.64. The van der Waals surface area contributed by atoms with E-state index in [2.05, 4.69) is 30.6 Å². The quantitative estimate of drug-likeness (QED) is 0.297. The Morgan fingerprint density at radius 2 is 2.06 bits per heavy atom. The van der Waals surface area contributed by atoms with E-state index in [1.165, 1.54) is 11.3 Å². The maximum absolute atomic E-state index is 12.2. The number of amides is 1. The Balaban J connectivity index is 1.24. The summed E-state index contributed by atoms with van der Waals surface area (Å²) in [6.07, 6.45) is 2.17. The topological polar surface area (TPSA) is 116 Å². The molecule has 3 heterocycles. The van der Waals surface area contributed by atoms with Crippen molar-refractivity contribution in [3.05, 3.63) is 60.1 Å². The van der Waals surface area contributed by atoms with E-state index < -0.39 is 0 Å². The van der Waals surface area contributed by atoms with Crippen molar-refractivity contribution in [3.63, 3.8) is 0 Å². The lowest BCUT2D eigenvalue weighted by Gasteiger charge is -2.01.